The van der Waals surface area contributed by atoms with Gasteiger partial charge in [0.2, 0.25) is 11.8 Å². The minimum atomic E-state index is -1.06. The van der Waals surface area contributed by atoms with Gasteiger partial charge in [-0.25, -0.2) is 4.79 Å². The SMILES string of the molecule is CC1(C)C2C(=O)N(Cc3cc(C(=O)O)ccn3)C(=O)C21. The highest BCUT2D eigenvalue weighted by Gasteiger charge is 2.72. The third kappa shape index (κ3) is 1.64. The molecule has 0 aromatic carbocycles. The molecule has 1 N–H and O–H groups in total. The van der Waals surface area contributed by atoms with Gasteiger partial charge in [-0.3, -0.25) is 19.5 Å². The third-order valence-corrected chi connectivity index (χ3v) is 4.28. The molecule has 1 aromatic rings. The van der Waals surface area contributed by atoms with Gasteiger partial charge >= 0.3 is 5.97 Å². The molecule has 1 aliphatic heterocycles. The highest BCUT2D eigenvalue weighted by atomic mass is 16.4. The molecule has 6 heteroatoms. The number of rotatable bonds is 3. The number of carbonyl (C=O) groups excluding carboxylic acids is 2. The van der Waals surface area contributed by atoms with E-state index in [-0.39, 0.29) is 41.2 Å². The Kier molecular flexibility index (Phi) is 2.48. The van der Waals surface area contributed by atoms with Crippen LogP contribution in [0.25, 0.3) is 0 Å². The van der Waals surface area contributed by atoms with Gasteiger partial charge in [0, 0.05) is 6.20 Å². The molecule has 2 atom stereocenters. The number of piperidine rings is 1. The van der Waals surface area contributed by atoms with E-state index in [1.165, 1.54) is 23.2 Å². The van der Waals surface area contributed by atoms with E-state index in [1.54, 1.807) is 0 Å². The van der Waals surface area contributed by atoms with Crippen LogP contribution in [0, 0.1) is 17.3 Å². The van der Waals surface area contributed by atoms with Gasteiger partial charge in [-0.15, -0.1) is 0 Å². The summed E-state index contributed by atoms with van der Waals surface area (Å²) in [6.45, 7) is 3.87. The summed E-state index contributed by atoms with van der Waals surface area (Å²) >= 11 is 0. The van der Waals surface area contributed by atoms with Crippen LogP contribution >= 0.6 is 0 Å². The first kappa shape index (κ1) is 12.8. The molecule has 20 heavy (non-hydrogen) atoms. The maximum Gasteiger partial charge on any atom is 0.335 e. The lowest BCUT2D eigenvalue weighted by Crippen LogP contribution is -2.35. The topological polar surface area (TPSA) is 87.6 Å². The molecule has 0 bridgehead atoms. The number of imide groups is 1. The molecular weight excluding hydrogens is 260 g/mol. The second kappa shape index (κ2) is 3.88. The van der Waals surface area contributed by atoms with Crippen molar-refractivity contribution in [3.63, 3.8) is 0 Å². The van der Waals surface area contributed by atoms with Gasteiger partial charge in [-0.2, -0.15) is 0 Å². The predicted molar refractivity (Wildman–Crippen MR) is 67.5 cm³/mol. The number of pyridine rings is 1. The van der Waals surface area contributed by atoms with Crippen molar-refractivity contribution < 1.29 is 19.5 Å². The average molecular weight is 274 g/mol. The van der Waals surface area contributed by atoms with Crippen LogP contribution in [0.5, 0.6) is 0 Å². The van der Waals surface area contributed by atoms with E-state index in [0.717, 1.165) is 0 Å². The van der Waals surface area contributed by atoms with Crippen LogP contribution in [0.4, 0.5) is 0 Å². The summed E-state index contributed by atoms with van der Waals surface area (Å²) in [7, 11) is 0. The monoisotopic (exact) mass is 274 g/mol. The number of carboxylic acid groups (broad SMARTS) is 1. The fraction of sp³-hybridized carbons (Fsp3) is 0.429. The number of hydrogen-bond donors (Lipinski definition) is 1. The summed E-state index contributed by atoms with van der Waals surface area (Å²) in [6, 6.07) is 2.76. The average Bonchev–Trinajstić information content (AvgIpc) is 2.87. The largest absolute Gasteiger partial charge is 0.478 e. The Balaban J connectivity index is 1.80. The summed E-state index contributed by atoms with van der Waals surface area (Å²) in [4.78, 5) is 40.4. The van der Waals surface area contributed by atoms with E-state index in [0.29, 0.717) is 5.69 Å². The lowest BCUT2D eigenvalue weighted by atomic mass is 10.1. The first-order chi connectivity index (χ1) is 9.34. The highest BCUT2D eigenvalue weighted by Crippen LogP contribution is 2.63. The van der Waals surface area contributed by atoms with Crippen LogP contribution in [0.3, 0.4) is 0 Å². The first-order valence-corrected chi connectivity index (χ1v) is 6.37. The molecule has 2 aliphatic rings. The molecule has 1 aromatic heterocycles. The standard InChI is InChI=1S/C14H14N2O4/c1-14(2)9-10(14)12(18)16(11(9)17)6-8-5-7(13(19)20)3-4-15-8/h3-5,9-10H,6H2,1-2H3,(H,19,20). The van der Waals surface area contributed by atoms with E-state index < -0.39 is 5.97 Å². The van der Waals surface area contributed by atoms with Gasteiger partial charge in [0.1, 0.15) is 0 Å². The van der Waals surface area contributed by atoms with Gasteiger partial charge in [0.05, 0.1) is 29.6 Å². The zero-order valence-corrected chi connectivity index (χ0v) is 11.2. The fourth-order valence-electron chi connectivity index (χ4n) is 3.02. The quantitative estimate of drug-likeness (QED) is 0.828. The van der Waals surface area contributed by atoms with E-state index in [1.807, 2.05) is 13.8 Å². The Morgan fingerprint density at radius 3 is 2.50 bits per heavy atom. The summed E-state index contributed by atoms with van der Waals surface area (Å²) in [5.74, 6) is -1.85. The number of carbonyl (C=O) groups is 3. The van der Waals surface area contributed by atoms with Crippen LogP contribution in [-0.2, 0) is 16.1 Å². The van der Waals surface area contributed by atoms with Crippen molar-refractivity contribution in [2.45, 2.75) is 20.4 Å². The molecule has 2 fully saturated rings. The van der Waals surface area contributed by atoms with Crippen LogP contribution in [0.2, 0.25) is 0 Å². The molecular formula is C14H14N2O4. The maximum atomic E-state index is 12.2. The van der Waals surface area contributed by atoms with Crippen LogP contribution in [-0.4, -0.2) is 32.8 Å². The summed E-state index contributed by atoms with van der Waals surface area (Å²) in [5, 5.41) is 8.92. The summed E-state index contributed by atoms with van der Waals surface area (Å²) < 4.78 is 0. The molecule has 3 rings (SSSR count). The number of aromatic carboxylic acids is 1. The zero-order chi connectivity index (χ0) is 14.7. The van der Waals surface area contributed by atoms with Gasteiger partial charge in [0.25, 0.3) is 0 Å². The predicted octanol–water partition coefficient (Wildman–Crippen LogP) is 0.921. The van der Waals surface area contributed by atoms with E-state index in [4.69, 9.17) is 5.11 Å². The number of nitrogens with zero attached hydrogens (tertiary/aromatic N) is 2. The Bertz CT molecular complexity index is 614. The number of hydrogen-bond acceptors (Lipinski definition) is 4. The molecule has 6 nitrogen and oxygen atoms in total. The highest BCUT2D eigenvalue weighted by molar-refractivity contribution is 6.10. The van der Waals surface area contributed by atoms with E-state index >= 15 is 0 Å². The van der Waals surface area contributed by atoms with Gasteiger partial charge in [-0.1, -0.05) is 13.8 Å². The molecule has 104 valence electrons. The third-order valence-electron chi connectivity index (χ3n) is 4.28. The number of carboxylic acids is 1. The molecule has 0 spiro atoms. The van der Waals surface area contributed by atoms with E-state index in [2.05, 4.69) is 4.98 Å². The van der Waals surface area contributed by atoms with E-state index in [9.17, 15) is 14.4 Å². The van der Waals surface area contributed by atoms with Crippen molar-refractivity contribution >= 4 is 17.8 Å². The van der Waals surface area contributed by atoms with Crippen molar-refractivity contribution in [1.82, 2.24) is 9.88 Å². The number of amides is 2. The van der Waals surface area contributed by atoms with Crippen molar-refractivity contribution in [1.29, 1.82) is 0 Å². The molecule has 2 heterocycles. The molecule has 1 saturated heterocycles. The Hall–Kier alpha value is -2.24. The van der Waals surface area contributed by atoms with Crippen molar-refractivity contribution in [2.24, 2.45) is 17.3 Å². The van der Waals surface area contributed by atoms with Gasteiger partial charge < -0.3 is 5.11 Å². The van der Waals surface area contributed by atoms with Crippen LogP contribution in [0.1, 0.15) is 29.9 Å². The fourth-order valence-corrected chi connectivity index (χ4v) is 3.02. The second-order valence-electron chi connectivity index (χ2n) is 5.88. The second-order valence-corrected chi connectivity index (χ2v) is 5.88. The lowest BCUT2D eigenvalue weighted by Gasteiger charge is -2.20. The number of aromatic nitrogens is 1. The first-order valence-electron chi connectivity index (χ1n) is 6.37. The lowest BCUT2D eigenvalue weighted by molar-refractivity contribution is -0.143. The van der Waals surface area contributed by atoms with Crippen LogP contribution < -0.4 is 0 Å². The normalized spacial score (nSPS) is 26.6. The molecule has 1 saturated carbocycles. The molecule has 0 radical (unpaired) electrons. The summed E-state index contributed by atoms with van der Waals surface area (Å²) in [6.07, 6.45) is 1.37. The smallest absolute Gasteiger partial charge is 0.335 e. The Labute approximate surface area is 115 Å². The number of likely N-dealkylation sites (tertiary alicyclic amines) is 1. The summed E-state index contributed by atoms with van der Waals surface area (Å²) in [5.41, 5.74) is 0.270. The van der Waals surface area contributed by atoms with Gasteiger partial charge in [0.15, 0.2) is 0 Å². The van der Waals surface area contributed by atoms with Crippen LogP contribution in [0.15, 0.2) is 18.3 Å². The van der Waals surface area contributed by atoms with Crippen molar-refractivity contribution in [3.05, 3.63) is 29.6 Å². The Morgan fingerprint density at radius 2 is 1.95 bits per heavy atom. The van der Waals surface area contributed by atoms with Crippen molar-refractivity contribution in [3.8, 4) is 0 Å². The van der Waals surface area contributed by atoms with Gasteiger partial charge in [-0.05, 0) is 17.5 Å². The minimum absolute atomic E-state index is 0.0435. The molecule has 1 aliphatic carbocycles. The maximum absolute atomic E-state index is 12.2. The molecule has 2 unspecified atom stereocenters. The molecule has 2 amide bonds. The number of fused-ring (bicyclic) bond motifs is 1. The zero-order valence-electron chi connectivity index (χ0n) is 11.2. The Morgan fingerprint density at radius 1 is 1.35 bits per heavy atom. The van der Waals surface area contributed by atoms with Crippen molar-refractivity contribution in [2.75, 3.05) is 0 Å². The minimum Gasteiger partial charge on any atom is -0.478 e.